The van der Waals surface area contributed by atoms with Crippen molar-refractivity contribution in [2.75, 3.05) is 11.8 Å². The van der Waals surface area contributed by atoms with Crippen molar-refractivity contribution in [1.29, 1.82) is 0 Å². The standard InChI is InChI=1S/C21H18ClFN2O3S/c1-25(14-15-6-4-8-17(23)12-15)21(26)16-7-5-9-18(13-16)29(27,28)24-20-11-3-2-10-19(20)22/h2-13,24H,14H2,1H3. The normalized spacial score (nSPS) is 11.1. The van der Waals surface area contributed by atoms with Crippen LogP contribution in [0.2, 0.25) is 5.02 Å². The van der Waals surface area contributed by atoms with Gasteiger partial charge in [0.05, 0.1) is 15.6 Å². The molecule has 0 aliphatic rings. The lowest BCUT2D eigenvalue weighted by atomic mass is 10.1. The Labute approximate surface area is 173 Å². The van der Waals surface area contributed by atoms with Gasteiger partial charge in [0.2, 0.25) is 0 Å². The molecule has 0 heterocycles. The second-order valence-corrected chi connectivity index (χ2v) is 8.49. The predicted octanol–water partition coefficient (Wildman–Crippen LogP) is 4.55. The van der Waals surface area contributed by atoms with Crippen molar-refractivity contribution in [1.82, 2.24) is 4.90 Å². The maximum Gasteiger partial charge on any atom is 0.261 e. The monoisotopic (exact) mass is 432 g/mol. The molecule has 0 fully saturated rings. The van der Waals surface area contributed by atoms with Crippen LogP contribution < -0.4 is 4.72 Å². The fraction of sp³-hybridized carbons (Fsp3) is 0.0952. The minimum atomic E-state index is -3.94. The van der Waals surface area contributed by atoms with E-state index in [1.165, 1.54) is 41.3 Å². The van der Waals surface area contributed by atoms with Gasteiger partial charge in [0, 0.05) is 19.2 Å². The molecule has 1 amide bonds. The highest BCUT2D eigenvalue weighted by molar-refractivity contribution is 7.92. The van der Waals surface area contributed by atoms with Gasteiger partial charge < -0.3 is 4.90 Å². The largest absolute Gasteiger partial charge is 0.337 e. The van der Waals surface area contributed by atoms with Crippen LogP contribution in [0, 0.1) is 5.82 Å². The first-order valence-corrected chi connectivity index (χ1v) is 10.5. The van der Waals surface area contributed by atoms with Crippen molar-refractivity contribution in [2.45, 2.75) is 11.4 Å². The van der Waals surface area contributed by atoms with Crippen LogP contribution in [0.3, 0.4) is 0 Å². The van der Waals surface area contributed by atoms with E-state index in [1.54, 1.807) is 43.4 Å². The summed E-state index contributed by atoms with van der Waals surface area (Å²) < 4.78 is 41.1. The lowest BCUT2D eigenvalue weighted by Gasteiger charge is -2.18. The molecule has 29 heavy (non-hydrogen) atoms. The minimum Gasteiger partial charge on any atom is -0.337 e. The Morgan fingerprint density at radius 3 is 2.48 bits per heavy atom. The van der Waals surface area contributed by atoms with E-state index in [4.69, 9.17) is 11.6 Å². The number of para-hydroxylation sites is 1. The van der Waals surface area contributed by atoms with Crippen LogP contribution in [-0.4, -0.2) is 26.3 Å². The Hall–Kier alpha value is -2.90. The van der Waals surface area contributed by atoms with E-state index in [1.807, 2.05) is 0 Å². The van der Waals surface area contributed by atoms with Gasteiger partial charge in [-0.15, -0.1) is 0 Å². The van der Waals surface area contributed by atoms with E-state index < -0.39 is 10.0 Å². The van der Waals surface area contributed by atoms with Gasteiger partial charge in [0.15, 0.2) is 0 Å². The smallest absolute Gasteiger partial charge is 0.261 e. The molecule has 0 aliphatic heterocycles. The van der Waals surface area contributed by atoms with E-state index in [-0.39, 0.29) is 39.4 Å². The van der Waals surface area contributed by atoms with Crippen molar-refractivity contribution in [2.24, 2.45) is 0 Å². The van der Waals surface area contributed by atoms with Crippen LogP contribution in [0.5, 0.6) is 0 Å². The molecule has 150 valence electrons. The molecule has 0 aliphatic carbocycles. The van der Waals surface area contributed by atoms with Crippen molar-refractivity contribution in [3.05, 3.63) is 94.8 Å². The molecule has 3 aromatic carbocycles. The predicted molar refractivity (Wildman–Crippen MR) is 111 cm³/mol. The summed E-state index contributed by atoms with van der Waals surface area (Å²) in [6, 6.07) is 18.1. The molecular weight excluding hydrogens is 415 g/mol. The van der Waals surface area contributed by atoms with Gasteiger partial charge >= 0.3 is 0 Å². The quantitative estimate of drug-likeness (QED) is 0.621. The lowest BCUT2D eigenvalue weighted by Crippen LogP contribution is -2.26. The highest BCUT2D eigenvalue weighted by Gasteiger charge is 2.19. The fourth-order valence-corrected chi connectivity index (χ4v) is 4.11. The second kappa shape index (κ2) is 8.63. The van der Waals surface area contributed by atoms with E-state index >= 15 is 0 Å². The zero-order chi connectivity index (χ0) is 21.0. The third-order valence-corrected chi connectivity index (χ3v) is 5.86. The number of hydrogen-bond donors (Lipinski definition) is 1. The number of nitrogens with one attached hydrogen (secondary N) is 1. The molecule has 0 saturated carbocycles. The van der Waals surface area contributed by atoms with Crippen LogP contribution in [0.15, 0.2) is 77.7 Å². The van der Waals surface area contributed by atoms with Crippen LogP contribution in [0.1, 0.15) is 15.9 Å². The first-order chi connectivity index (χ1) is 13.8. The maximum atomic E-state index is 13.3. The van der Waals surface area contributed by atoms with Gasteiger partial charge in [-0.3, -0.25) is 9.52 Å². The average Bonchev–Trinajstić information content (AvgIpc) is 2.69. The van der Waals surface area contributed by atoms with E-state index in [2.05, 4.69) is 4.72 Å². The van der Waals surface area contributed by atoms with E-state index in [9.17, 15) is 17.6 Å². The molecule has 0 aromatic heterocycles. The molecule has 0 bridgehead atoms. The fourth-order valence-electron chi connectivity index (χ4n) is 2.75. The zero-order valence-electron chi connectivity index (χ0n) is 15.5. The summed E-state index contributed by atoms with van der Waals surface area (Å²) in [5.74, 6) is -0.772. The summed E-state index contributed by atoms with van der Waals surface area (Å²) >= 11 is 6.01. The summed E-state index contributed by atoms with van der Waals surface area (Å²) in [6.45, 7) is 0.186. The first-order valence-electron chi connectivity index (χ1n) is 8.63. The van der Waals surface area contributed by atoms with Crippen LogP contribution in [0.4, 0.5) is 10.1 Å². The van der Waals surface area contributed by atoms with Crippen LogP contribution in [-0.2, 0) is 16.6 Å². The van der Waals surface area contributed by atoms with Gasteiger partial charge in [0.25, 0.3) is 15.9 Å². The molecule has 5 nitrogen and oxygen atoms in total. The first kappa shape index (κ1) is 20.8. The van der Waals surface area contributed by atoms with Crippen LogP contribution in [0.25, 0.3) is 0 Å². The number of carbonyl (C=O) groups is 1. The Balaban J connectivity index is 1.81. The molecule has 3 aromatic rings. The minimum absolute atomic E-state index is 0.0672. The lowest BCUT2D eigenvalue weighted by molar-refractivity contribution is 0.0784. The Morgan fingerprint density at radius 2 is 1.76 bits per heavy atom. The van der Waals surface area contributed by atoms with E-state index in [0.29, 0.717) is 5.56 Å². The van der Waals surface area contributed by atoms with Gasteiger partial charge in [-0.1, -0.05) is 41.9 Å². The van der Waals surface area contributed by atoms with Crippen molar-refractivity contribution in [3.8, 4) is 0 Å². The SMILES string of the molecule is CN(Cc1cccc(F)c1)C(=O)c1cccc(S(=O)(=O)Nc2ccccc2Cl)c1. The summed E-state index contributed by atoms with van der Waals surface area (Å²) in [5, 5.41) is 0.262. The molecule has 0 saturated heterocycles. The maximum absolute atomic E-state index is 13.3. The number of anilines is 1. The third kappa shape index (κ3) is 5.13. The average molecular weight is 433 g/mol. The molecule has 0 radical (unpaired) electrons. The molecule has 0 unspecified atom stereocenters. The van der Waals surface area contributed by atoms with Gasteiger partial charge in [0.1, 0.15) is 5.82 Å². The number of hydrogen-bond acceptors (Lipinski definition) is 3. The van der Waals surface area contributed by atoms with Crippen LogP contribution >= 0.6 is 11.6 Å². The third-order valence-electron chi connectivity index (χ3n) is 4.16. The molecule has 0 spiro atoms. The number of rotatable bonds is 6. The molecule has 1 N–H and O–H groups in total. The highest BCUT2D eigenvalue weighted by Crippen LogP contribution is 2.24. The zero-order valence-corrected chi connectivity index (χ0v) is 17.0. The summed E-state index contributed by atoms with van der Waals surface area (Å²) in [4.78, 5) is 14.0. The number of carbonyl (C=O) groups excluding carboxylic acids is 1. The Morgan fingerprint density at radius 1 is 1.03 bits per heavy atom. The number of halogens is 2. The Kier molecular flexibility index (Phi) is 6.20. The van der Waals surface area contributed by atoms with Gasteiger partial charge in [-0.2, -0.15) is 0 Å². The second-order valence-electron chi connectivity index (χ2n) is 6.40. The summed E-state index contributed by atoms with van der Waals surface area (Å²) in [7, 11) is -2.37. The van der Waals surface area contributed by atoms with Crippen molar-refractivity contribution < 1.29 is 17.6 Å². The summed E-state index contributed by atoms with van der Waals surface area (Å²) in [6.07, 6.45) is 0. The number of benzene rings is 3. The van der Waals surface area contributed by atoms with Crippen molar-refractivity contribution in [3.63, 3.8) is 0 Å². The topological polar surface area (TPSA) is 66.5 Å². The van der Waals surface area contributed by atoms with Crippen molar-refractivity contribution >= 4 is 33.2 Å². The van der Waals surface area contributed by atoms with Gasteiger partial charge in [-0.05, 0) is 48.0 Å². The summed E-state index contributed by atoms with van der Waals surface area (Å²) in [5.41, 5.74) is 1.07. The van der Waals surface area contributed by atoms with Gasteiger partial charge in [-0.25, -0.2) is 12.8 Å². The van der Waals surface area contributed by atoms with E-state index in [0.717, 1.165) is 0 Å². The Bertz CT molecular complexity index is 1150. The number of amides is 1. The number of sulfonamides is 1. The molecule has 8 heteroatoms. The molecular formula is C21H18ClFN2O3S. The molecule has 3 rings (SSSR count). The number of nitrogens with zero attached hydrogens (tertiary/aromatic N) is 1. The molecule has 0 atom stereocenters. The highest BCUT2D eigenvalue weighted by atomic mass is 35.5.